The van der Waals surface area contributed by atoms with Crippen molar-refractivity contribution in [2.45, 2.75) is 6.54 Å². The summed E-state index contributed by atoms with van der Waals surface area (Å²) in [4.78, 5) is 16.8. The van der Waals surface area contributed by atoms with Gasteiger partial charge in [-0.1, -0.05) is 24.3 Å². The second-order valence-corrected chi connectivity index (χ2v) is 6.01. The second kappa shape index (κ2) is 10.3. The lowest BCUT2D eigenvalue weighted by atomic mass is 10.1. The van der Waals surface area contributed by atoms with Crippen LogP contribution in [0.15, 0.2) is 48.5 Å². The SMILES string of the molecule is COc1ccccc1CN1CCN(C(=O)c2cccc(N)c2)CC1.Cl.Cl. The Hall–Kier alpha value is -1.95. The number of methoxy groups -OCH3 is 1. The molecule has 5 nitrogen and oxygen atoms in total. The third-order valence-electron chi connectivity index (χ3n) is 4.38. The van der Waals surface area contributed by atoms with Gasteiger partial charge in [-0.2, -0.15) is 0 Å². The molecule has 0 atom stereocenters. The largest absolute Gasteiger partial charge is 0.496 e. The fourth-order valence-electron chi connectivity index (χ4n) is 3.04. The van der Waals surface area contributed by atoms with E-state index in [4.69, 9.17) is 10.5 Å². The predicted octanol–water partition coefficient (Wildman–Crippen LogP) is 3.08. The highest BCUT2D eigenvalue weighted by molar-refractivity contribution is 5.95. The minimum Gasteiger partial charge on any atom is -0.496 e. The summed E-state index contributed by atoms with van der Waals surface area (Å²) >= 11 is 0. The van der Waals surface area contributed by atoms with Crippen molar-refractivity contribution >= 4 is 36.4 Å². The third kappa shape index (κ3) is 5.27. The Morgan fingerprint density at radius 1 is 1.04 bits per heavy atom. The molecule has 7 heteroatoms. The molecule has 1 amide bonds. The van der Waals surface area contributed by atoms with Crippen LogP contribution in [0.1, 0.15) is 15.9 Å². The van der Waals surface area contributed by atoms with Gasteiger partial charge in [-0.3, -0.25) is 9.69 Å². The molecule has 0 bridgehead atoms. The lowest BCUT2D eigenvalue weighted by Gasteiger charge is -2.35. The van der Waals surface area contributed by atoms with Crippen molar-refractivity contribution in [1.82, 2.24) is 9.80 Å². The lowest BCUT2D eigenvalue weighted by molar-refractivity contribution is 0.0627. The van der Waals surface area contributed by atoms with E-state index in [1.807, 2.05) is 35.2 Å². The number of nitrogens with zero attached hydrogens (tertiary/aromatic N) is 2. The number of hydrogen-bond acceptors (Lipinski definition) is 4. The maximum atomic E-state index is 12.5. The summed E-state index contributed by atoms with van der Waals surface area (Å²) in [7, 11) is 1.70. The molecule has 2 aromatic carbocycles. The minimum atomic E-state index is 0. The molecule has 26 heavy (non-hydrogen) atoms. The van der Waals surface area contributed by atoms with Gasteiger partial charge in [-0.15, -0.1) is 24.8 Å². The van der Waals surface area contributed by atoms with Crippen LogP contribution < -0.4 is 10.5 Å². The molecule has 1 aliphatic rings. The zero-order valence-electron chi connectivity index (χ0n) is 14.8. The number of hydrogen-bond donors (Lipinski definition) is 1. The number of carbonyl (C=O) groups excluding carboxylic acids is 1. The van der Waals surface area contributed by atoms with Crippen molar-refractivity contribution in [1.29, 1.82) is 0 Å². The normalized spacial score (nSPS) is 14.1. The summed E-state index contributed by atoms with van der Waals surface area (Å²) in [5, 5.41) is 0. The number of rotatable bonds is 4. The summed E-state index contributed by atoms with van der Waals surface area (Å²) in [5.74, 6) is 0.968. The Morgan fingerprint density at radius 3 is 2.38 bits per heavy atom. The van der Waals surface area contributed by atoms with E-state index in [1.54, 1.807) is 19.2 Å². The average Bonchev–Trinajstić information content (AvgIpc) is 2.62. The maximum absolute atomic E-state index is 12.5. The van der Waals surface area contributed by atoms with Crippen molar-refractivity contribution < 1.29 is 9.53 Å². The molecule has 0 saturated carbocycles. The smallest absolute Gasteiger partial charge is 0.254 e. The average molecular weight is 398 g/mol. The first-order chi connectivity index (χ1) is 11.7. The summed E-state index contributed by atoms with van der Waals surface area (Å²) in [6, 6.07) is 15.2. The zero-order chi connectivity index (χ0) is 16.9. The fourth-order valence-corrected chi connectivity index (χ4v) is 3.04. The number of para-hydroxylation sites is 1. The zero-order valence-corrected chi connectivity index (χ0v) is 16.4. The van der Waals surface area contributed by atoms with Crippen molar-refractivity contribution in [3.63, 3.8) is 0 Å². The number of halogens is 2. The van der Waals surface area contributed by atoms with Crippen LogP contribution >= 0.6 is 24.8 Å². The van der Waals surface area contributed by atoms with Crippen molar-refractivity contribution in [2.24, 2.45) is 0 Å². The van der Waals surface area contributed by atoms with Crippen molar-refractivity contribution in [3.8, 4) is 5.75 Å². The standard InChI is InChI=1S/C19H23N3O2.2ClH/c1-24-18-8-3-2-5-16(18)14-21-9-11-22(12-10-21)19(23)15-6-4-7-17(20)13-15;;/h2-8,13H,9-12,14,20H2,1H3;2*1H. The van der Waals surface area contributed by atoms with E-state index in [0.29, 0.717) is 11.3 Å². The van der Waals surface area contributed by atoms with Gasteiger partial charge in [-0.25, -0.2) is 0 Å². The van der Waals surface area contributed by atoms with Gasteiger partial charge in [0.05, 0.1) is 7.11 Å². The van der Waals surface area contributed by atoms with E-state index in [1.165, 1.54) is 5.56 Å². The topological polar surface area (TPSA) is 58.8 Å². The number of ether oxygens (including phenoxy) is 1. The van der Waals surface area contributed by atoms with E-state index >= 15 is 0 Å². The minimum absolute atomic E-state index is 0. The molecule has 0 spiro atoms. The second-order valence-electron chi connectivity index (χ2n) is 6.01. The highest BCUT2D eigenvalue weighted by Gasteiger charge is 2.22. The van der Waals surface area contributed by atoms with Crippen LogP contribution in [-0.4, -0.2) is 49.0 Å². The van der Waals surface area contributed by atoms with Crippen LogP contribution in [-0.2, 0) is 6.54 Å². The molecule has 1 saturated heterocycles. The molecule has 142 valence electrons. The van der Waals surface area contributed by atoms with Gasteiger partial charge < -0.3 is 15.4 Å². The fraction of sp³-hybridized carbons (Fsp3) is 0.316. The summed E-state index contributed by atoms with van der Waals surface area (Å²) < 4.78 is 5.41. The first-order valence-electron chi connectivity index (χ1n) is 8.16. The molecule has 2 N–H and O–H groups in total. The van der Waals surface area contributed by atoms with Gasteiger partial charge in [0.1, 0.15) is 5.75 Å². The third-order valence-corrected chi connectivity index (χ3v) is 4.38. The van der Waals surface area contributed by atoms with Gasteiger partial charge in [0, 0.05) is 49.5 Å². The molecule has 0 aromatic heterocycles. The molecule has 1 fully saturated rings. The number of carbonyl (C=O) groups is 1. The summed E-state index contributed by atoms with van der Waals surface area (Å²) in [6.45, 7) is 3.99. The van der Waals surface area contributed by atoms with E-state index in [0.717, 1.165) is 38.5 Å². The Balaban J connectivity index is 0.00000169. The van der Waals surface area contributed by atoms with Gasteiger partial charge >= 0.3 is 0 Å². The Morgan fingerprint density at radius 2 is 1.73 bits per heavy atom. The molecule has 0 radical (unpaired) electrons. The van der Waals surface area contributed by atoms with E-state index in [9.17, 15) is 4.79 Å². The molecule has 0 aliphatic carbocycles. The van der Waals surface area contributed by atoms with Crippen LogP contribution in [0.25, 0.3) is 0 Å². The molecule has 3 rings (SSSR count). The lowest BCUT2D eigenvalue weighted by Crippen LogP contribution is -2.48. The number of nitrogen functional groups attached to an aromatic ring is 1. The van der Waals surface area contributed by atoms with Crippen LogP contribution in [0.2, 0.25) is 0 Å². The van der Waals surface area contributed by atoms with Crippen LogP contribution in [0, 0.1) is 0 Å². The highest BCUT2D eigenvalue weighted by atomic mass is 35.5. The predicted molar refractivity (Wildman–Crippen MR) is 110 cm³/mol. The van der Waals surface area contributed by atoms with E-state index in [-0.39, 0.29) is 30.7 Å². The Kier molecular flexibility index (Phi) is 8.72. The number of benzene rings is 2. The van der Waals surface area contributed by atoms with Gasteiger partial charge in [0.15, 0.2) is 0 Å². The molecule has 0 unspecified atom stereocenters. The maximum Gasteiger partial charge on any atom is 0.254 e. The van der Waals surface area contributed by atoms with Crippen LogP contribution in [0.5, 0.6) is 5.75 Å². The summed E-state index contributed by atoms with van der Waals surface area (Å²) in [5.41, 5.74) is 8.23. The van der Waals surface area contributed by atoms with Gasteiger partial charge in [0.25, 0.3) is 5.91 Å². The number of amides is 1. The molecular weight excluding hydrogens is 373 g/mol. The highest BCUT2D eigenvalue weighted by Crippen LogP contribution is 2.20. The molecule has 1 aliphatic heterocycles. The number of piperazine rings is 1. The summed E-state index contributed by atoms with van der Waals surface area (Å²) in [6.07, 6.45) is 0. The first-order valence-corrected chi connectivity index (χ1v) is 8.16. The Labute approximate surface area is 166 Å². The molecule has 2 aromatic rings. The monoisotopic (exact) mass is 397 g/mol. The van der Waals surface area contributed by atoms with E-state index in [2.05, 4.69) is 11.0 Å². The van der Waals surface area contributed by atoms with Crippen molar-refractivity contribution in [3.05, 3.63) is 59.7 Å². The molecule has 1 heterocycles. The quantitative estimate of drug-likeness (QED) is 0.805. The van der Waals surface area contributed by atoms with Gasteiger partial charge in [-0.05, 0) is 24.3 Å². The number of nitrogens with two attached hydrogens (primary N) is 1. The first kappa shape index (κ1) is 22.1. The molecular formula is C19H25Cl2N3O2. The van der Waals surface area contributed by atoms with Crippen LogP contribution in [0.4, 0.5) is 5.69 Å². The van der Waals surface area contributed by atoms with Crippen LogP contribution in [0.3, 0.4) is 0 Å². The number of anilines is 1. The van der Waals surface area contributed by atoms with Gasteiger partial charge in [0.2, 0.25) is 0 Å². The Bertz CT molecular complexity index is 719. The van der Waals surface area contributed by atoms with Crippen molar-refractivity contribution in [2.75, 3.05) is 39.0 Å². The van der Waals surface area contributed by atoms with E-state index < -0.39 is 0 Å².